The van der Waals surface area contributed by atoms with Crippen molar-refractivity contribution >= 4 is 21.6 Å². The maximum absolute atomic E-state index is 12.8. The number of hydrogen-bond donors (Lipinski definition) is 1. The van der Waals surface area contributed by atoms with Crippen LogP contribution in [-0.2, 0) is 10.0 Å². The van der Waals surface area contributed by atoms with E-state index in [9.17, 15) is 13.2 Å². The summed E-state index contributed by atoms with van der Waals surface area (Å²) in [6.07, 6.45) is 1.60. The summed E-state index contributed by atoms with van der Waals surface area (Å²) in [7, 11) is 1.64. The molecule has 2 aromatic carbocycles. The minimum atomic E-state index is -3.68. The maximum atomic E-state index is 12.8. The fourth-order valence-electron chi connectivity index (χ4n) is 3.14. The summed E-state index contributed by atoms with van der Waals surface area (Å²) in [4.78, 5) is 14.8. The van der Waals surface area contributed by atoms with Crippen LogP contribution in [0.15, 0.2) is 76.2 Å². The van der Waals surface area contributed by atoms with Crippen molar-refractivity contribution in [3.63, 3.8) is 0 Å². The molecule has 7 nitrogen and oxygen atoms in total. The molecule has 31 heavy (non-hydrogen) atoms. The van der Waals surface area contributed by atoms with E-state index < -0.39 is 10.0 Å². The van der Waals surface area contributed by atoms with Crippen LogP contribution < -0.4 is 9.62 Å². The minimum absolute atomic E-state index is 0.0935. The number of anilines is 1. The highest BCUT2D eigenvalue weighted by atomic mass is 32.2. The molecule has 0 radical (unpaired) electrons. The number of likely N-dealkylation sites (N-methyl/N-ethyl adjacent to an activating group) is 1. The number of furan rings is 1. The number of nitrogens with zero attached hydrogens (tertiary/aromatic N) is 2. The van der Waals surface area contributed by atoms with Crippen LogP contribution in [0.1, 0.15) is 27.7 Å². The Morgan fingerprint density at radius 2 is 1.65 bits per heavy atom. The van der Waals surface area contributed by atoms with Gasteiger partial charge in [0.1, 0.15) is 5.76 Å². The smallest absolute Gasteiger partial charge is 0.264 e. The van der Waals surface area contributed by atoms with E-state index in [1.54, 1.807) is 54.8 Å². The number of carbonyl (C=O) groups is 1. The third kappa shape index (κ3) is 5.15. The number of sulfonamides is 1. The van der Waals surface area contributed by atoms with Crippen molar-refractivity contribution < 1.29 is 17.6 Å². The minimum Gasteiger partial charge on any atom is -0.468 e. The van der Waals surface area contributed by atoms with E-state index in [0.29, 0.717) is 17.8 Å². The number of amides is 1. The van der Waals surface area contributed by atoms with Crippen LogP contribution in [0.25, 0.3) is 0 Å². The van der Waals surface area contributed by atoms with Crippen LogP contribution in [-0.4, -0.2) is 46.9 Å². The van der Waals surface area contributed by atoms with Crippen molar-refractivity contribution in [1.82, 2.24) is 10.2 Å². The van der Waals surface area contributed by atoms with Gasteiger partial charge in [0.05, 0.1) is 22.9 Å². The van der Waals surface area contributed by atoms with Gasteiger partial charge in [-0.1, -0.05) is 17.7 Å². The topological polar surface area (TPSA) is 82.9 Å². The molecular weight excluding hydrogens is 414 g/mol. The Balaban J connectivity index is 1.69. The molecule has 0 spiro atoms. The van der Waals surface area contributed by atoms with E-state index in [1.165, 1.54) is 11.4 Å². The molecule has 164 valence electrons. The highest BCUT2D eigenvalue weighted by molar-refractivity contribution is 7.92. The summed E-state index contributed by atoms with van der Waals surface area (Å²) in [5, 5.41) is 2.91. The Hall–Kier alpha value is -3.10. The third-order valence-electron chi connectivity index (χ3n) is 5.12. The third-order valence-corrected chi connectivity index (χ3v) is 6.92. The van der Waals surface area contributed by atoms with Crippen molar-refractivity contribution in [2.45, 2.75) is 17.9 Å². The number of benzene rings is 2. The van der Waals surface area contributed by atoms with Gasteiger partial charge in [-0.2, -0.15) is 0 Å². The second-order valence-corrected chi connectivity index (χ2v) is 9.51. The van der Waals surface area contributed by atoms with Gasteiger partial charge in [0, 0.05) is 19.2 Å². The lowest BCUT2D eigenvalue weighted by Crippen LogP contribution is -2.34. The van der Waals surface area contributed by atoms with Crippen LogP contribution in [0.3, 0.4) is 0 Å². The number of aryl methyl sites for hydroxylation is 1. The van der Waals surface area contributed by atoms with Crippen LogP contribution >= 0.6 is 0 Å². The molecule has 0 aliphatic heterocycles. The Morgan fingerprint density at radius 1 is 1.00 bits per heavy atom. The number of nitrogens with one attached hydrogen (secondary N) is 1. The lowest BCUT2D eigenvalue weighted by molar-refractivity contribution is 0.0939. The SMILES string of the molecule is Cc1ccc(S(=O)(=O)N(C)c2ccc(C(=O)NC[C@@H](c3ccco3)N(C)C)cc2)cc1. The van der Waals surface area contributed by atoms with E-state index in [-0.39, 0.29) is 16.8 Å². The fraction of sp³-hybridized carbons (Fsp3) is 0.261. The zero-order valence-corrected chi connectivity index (χ0v) is 18.9. The van der Waals surface area contributed by atoms with Crippen LogP contribution in [0.2, 0.25) is 0 Å². The van der Waals surface area contributed by atoms with Crippen LogP contribution in [0.5, 0.6) is 0 Å². The Morgan fingerprint density at radius 3 is 2.19 bits per heavy atom. The number of carbonyl (C=O) groups excluding carboxylic acids is 1. The van der Waals surface area contributed by atoms with Crippen molar-refractivity contribution in [1.29, 1.82) is 0 Å². The van der Waals surface area contributed by atoms with E-state index in [0.717, 1.165) is 11.3 Å². The lowest BCUT2D eigenvalue weighted by atomic mass is 10.1. The van der Waals surface area contributed by atoms with Gasteiger partial charge < -0.3 is 9.73 Å². The van der Waals surface area contributed by atoms with Crippen LogP contribution in [0, 0.1) is 6.92 Å². The van der Waals surface area contributed by atoms with Gasteiger partial charge in [-0.15, -0.1) is 0 Å². The first-order chi connectivity index (χ1) is 14.7. The molecule has 0 unspecified atom stereocenters. The highest BCUT2D eigenvalue weighted by Crippen LogP contribution is 2.23. The molecule has 1 heterocycles. The van der Waals surface area contributed by atoms with E-state index in [2.05, 4.69) is 5.32 Å². The van der Waals surface area contributed by atoms with E-state index >= 15 is 0 Å². The Labute approximate surface area is 183 Å². The summed E-state index contributed by atoms with van der Waals surface area (Å²) >= 11 is 0. The molecule has 0 aliphatic rings. The Kier molecular flexibility index (Phi) is 6.82. The molecule has 0 saturated carbocycles. The summed E-state index contributed by atoms with van der Waals surface area (Å²) in [6.45, 7) is 2.28. The van der Waals surface area contributed by atoms with Gasteiger partial charge in [0.15, 0.2) is 0 Å². The van der Waals surface area contributed by atoms with Crippen molar-refractivity contribution in [3.8, 4) is 0 Å². The summed E-state index contributed by atoms with van der Waals surface area (Å²) in [6, 6.07) is 16.8. The highest BCUT2D eigenvalue weighted by Gasteiger charge is 2.22. The summed E-state index contributed by atoms with van der Waals surface area (Å²) < 4.78 is 32.4. The van der Waals surface area contributed by atoms with Crippen LogP contribution in [0.4, 0.5) is 5.69 Å². The first-order valence-corrected chi connectivity index (χ1v) is 11.3. The number of rotatable bonds is 8. The molecule has 1 atom stereocenters. The normalized spacial score (nSPS) is 12.5. The van der Waals surface area contributed by atoms with Gasteiger partial charge in [0.25, 0.3) is 15.9 Å². The monoisotopic (exact) mass is 441 g/mol. The summed E-state index contributed by atoms with van der Waals surface area (Å²) in [5.74, 6) is 0.526. The summed E-state index contributed by atoms with van der Waals surface area (Å²) in [5.41, 5.74) is 1.90. The molecular formula is C23H27N3O4S. The first kappa shape index (κ1) is 22.6. The average molecular weight is 442 g/mol. The zero-order chi connectivity index (χ0) is 22.6. The van der Waals surface area contributed by atoms with Gasteiger partial charge in [-0.3, -0.25) is 14.0 Å². The predicted octanol–water partition coefficient (Wildman–Crippen LogP) is 3.45. The Bertz CT molecular complexity index is 1110. The van der Waals surface area contributed by atoms with E-state index in [4.69, 9.17) is 4.42 Å². The second kappa shape index (κ2) is 9.36. The molecule has 0 aliphatic carbocycles. The molecule has 3 rings (SSSR count). The van der Waals surface area contributed by atoms with E-state index in [1.807, 2.05) is 38.1 Å². The van der Waals surface area contributed by atoms with Gasteiger partial charge in [-0.25, -0.2) is 8.42 Å². The molecule has 1 amide bonds. The quantitative estimate of drug-likeness (QED) is 0.579. The molecule has 8 heteroatoms. The standard InChI is InChI=1S/C23H27N3O4S/c1-17-7-13-20(14-8-17)31(28,29)26(4)19-11-9-18(10-12-19)23(27)24-16-21(25(2)3)22-6-5-15-30-22/h5-15,21H,16H2,1-4H3,(H,24,27)/t21-/m0/s1. The second-order valence-electron chi connectivity index (χ2n) is 7.54. The van der Waals surface area contributed by atoms with Crippen molar-refractivity contribution in [2.75, 3.05) is 32.0 Å². The molecule has 1 aromatic heterocycles. The van der Waals surface area contributed by atoms with Crippen molar-refractivity contribution in [2.24, 2.45) is 0 Å². The molecule has 0 fully saturated rings. The number of hydrogen-bond acceptors (Lipinski definition) is 5. The molecule has 3 aromatic rings. The first-order valence-electron chi connectivity index (χ1n) is 9.84. The van der Waals surface area contributed by atoms with Gasteiger partial charge in [0.2, 0.25) is 0 Å². The zero-order valence-electron chi connectivity index (χ0n) is 18.1. The maximum Gasteiger partial charge on any atom is 0.264 e. The lowest BCUT2D eigenvalue weighted by Gasteiger charge is -2.22. The molecule has 0 bridgehead atoms. The predicted molar refractivity (Wildman–Crippen MR) is 121 cm³/mol. The largest absolute Gasteiger partial charge is 0.468 e. The fourth-order valence-corrected chi connectivity index (χ4v) is 4.34. The van der Waals surface area contributed by atoms with Gasteiger partial charge in [-0.05, 0) is 69.6 Å². The average Bonchev–Trinajstić information content (AvgIpc) is 3.28. The van der Waals surface area contributed by atoms with Gasteiger partial charge >= 0.3 is 0 Å². The molecule has 0 saturated heterocycles. The molecule has 1 N–H and O–H groups in total. The van der Waals surface area contributed by atoms with Crippen molar-refractivity contribution in [3.05, 3.63) is 83.8 Å².